The molecule has 2 aliphatic rings. The molecule has 0 saturated carbocycles. The summed E-state index contributed by atoms with van der Waals surface area (Å²) in [7, 11) is 0. The van der Waals surface area contributed by atoms with E-state index in [0.29, 0.717) is 18.4 Å². The highest BCUT2D eigenvalue weighted by molar-refractivity contribution is 14.0. The lowest BCUT2D eigenvalue weighted by atomic mass is 9.98. The van der Waals surface area contributed by atoms with Crippen LogP contribution in [0.25, 0.3) is 0 Å². The molecule has 29 heavy (non-hydrogen) atoms. The molecule has 2 saturated heterocycles. The number of hydrogen-bond donors (Lipinski definition) is 1. The average molecular weight is 514 g/mol. The van der Waals surface area contributed by atoms with Crippen molar-refractivity contribution in [3.8, 4) is 0 Å². The van der Waals surface area contributed by atoms with Crippen molar-refractivity contribution in [2.45, 2.75) is 39.7 Å². The molecule has 5 nitrogen and oxygen atoms in total. The largest absolute Gasteiger partial charge is 0.376 e. The predicted octanol–water partition coefficient (Wildman–Crippen LogP) is 3.84. The highest BCUT2D eigenvalue weighted by atomic mass is 127. The van der Waals surface area contributed by atoms with E-state index in [1.165, 1.54) is 37.9 Å². The first-order valence-electron chi connectivity index (χ1n) is 11.2. The Morgan fingerprint density at radius 1 is 1.10 bits per heavy atom. The Morgan fingerprint density at radius 3 is 2.69 bits per heavy atom. The van der Waals surface area contributed by atoms with Gasteiger partial charge >= 0.3 is 0 Å². The number of likely N-dealkylation sites (tertiary alicyclic amines) is 2. The van der Waals surface area contributed by atoms with Crippen molar-refractivity contribution in [2.24, 2.45) is 16.8 Å². The van der Waals surface area contributed by atoms with Crippen molar-refractivity contribution in [3.05, 3.63) is 35.9 Å². The van der Waals surface area contributed by atoms with Gasteiger partial charge in [-0.2, -0.15) is 0 Å². The van der Waals surface area contributed by atoms with Crippen LogP contribution in [0.3, 0.4) is 0 Å². The lowest BCUT2D eigenvalue weighted by Gasteiger charge is -2.31. The maximum absolute atomic E-state index is 5.98. The number of nitrogens with zero attached hydrogens (tertiary/aromatic N) is 3. The molecule has 2 fully saturated rings. The maximum atomic E-state index is 5.98. The van der Waals surface area contributed by atoms with Crippen LogP contribution in [-0.4, -0.2) is 68.2 Å². The molecule has 3 rings (SSSR count). The summed E-state index contributed by atoms with van der Waals surface area (Å²) in [5, 5.41) is 3.51. The highest BCUT2D eigenvalue weighted by Crippen LogP contribution is 2.19. The number of guanidine groups is 1. The normalized spacial score (nSPS) is 23.1. The third kappa shape index (κ3) is 8.06. The molecule has 0 amide bonds. The van der Waals surface area contributed by atoms with Crippen molar-refractivity contribution < 1.29 is 4.74 Å². The van der Waals surface area contributed by atoms with E-state index in [0.717, 1.165) is 45.3 Å². The number of aliphatic imine (C=N–C) groups is 1. The van der Waals surface area contributed by atoms with Crippen LogP contribution in [0, 0.1) is 11.8 Å². The van der Waals surface area contributed by atoms with Gasteiger partial charge < -0.3 is 19.9 Å². The summed E-state index contributed by atoms with van der Waals surface area (Å²) in [4.78, 5) is 10.0. The standard InChI is InChI=1S/C23H38N4O.HI/c1-3-24-23(25-15-21-11-8-13-26(4-2)16-21)27-14-12-22(17-27)19-28-18-20-9-6-5-7-10-20;/h5-7,9-10,21-22H,3-4,8,11-19H2,1-2H3,(H,24,25);1H. The highest BCUT2D eigenvalue weighted by Gasteiger charge is 2.25. The summed E-state index contributed by atoms with van der Waals surface area (Å²) in [5.74, 6) is 2.40. The maximum Gasteiger partial charge on any atom is 0.193 e. The molecule has 2 aliphatic heterocycles. The molecule has 6 heteroatoms. The molecule has 0 bridgehead atoms. The van der Waals surface area contributed by atoms with Gasteiger partial charge in [0.15, 0.2) is 5.96 Å². The zero-order valence-corrected chi connectivity index (χ0v) is 20.5. The Balaban J connectivity index is 0.00000300. The first-order chi connectivity index (χ1) is 13.8. The summed E-state index contributed by atoms with van der Waals surface area (Å²) >= 11 is 0. The quantitative estimate of drug-likeness (QED) is 0.325. The van der Waals surface area contributed by atoms with Crippen LogP contribution in [0.4, 0.5) is 0 Å². The first-order valence-corrected chi connectivity index (χ1v) is 11.2. The van der Waals surface area contributed by atoms with Gasteiger partial charge in [0.25, 0.3) is 0 Å². The van der Waals surface area contributed by atoms with Crippen molar-refractivity contribution >= 4 is 29.9 Å². The number of hydrogen-bond acceptors (Lipinski definition) is 3. The minimum absolute atomic E-state index is 0. The van der Waals surface area contributed by atoms with Crippen molar-refractivity contribution in [1.82, 2.24) is 15.1 Å². The topological polar surface area (TPSA) is 40.1 Å². The SMILES string of the molecule is CCNC(=NCC1CCCN(CC)C1)N1CCC(COCc2ccccc2)C1.I. The van der Waals surface area contributed by atoms with Gasteiger partial charge in [0.1, 0.15) is 0 Å². The molecule has 0 spiro atoms. The fourth-order valence-corrected chi connectivity index (χ4v) is 4.31. The van der Waals surface area contributed by atoms with Crippen LogP contribution in [-0.2, 0) is 11.3 Å². The molecule has 2 unspecified atom stereocenters. The smallest absolute Gasteiger partial charge is 0.193 e. The number of rotatable bonds is 8. The van der Waals surface area contributed by atoms with Crippen LogP contribution < -0.4 is 5.32 Å². The Kier molecular flexibility index (Phi) is 11.3. The second-order valence-electron chi connectivity index (χ2n) is 8.20. The number of benzene rings is 1. The lowest BCUT2D eigenvalue weighted by molar-refractivity contribution is 0.0906. The lowest BCUT2D eigenvalue weighted by Crippen LogP contribution is -2.41. The molecule has 0 aromatic heterocycles. The van der Waals surface area contributed by atoms with Crippen molar-refractivity contribution in [1.29, 1.82) is 0 Å². The van der Waals surface area contributed by atoms with E-state index in [9.17, 15) is 0 Å². The summed E-state index contributed by atoms with van der Waals surface area (Å²) < 4.78 is 5.98. The molecular weight excluding hydrogens is 475 g/mol. The third-order valence-corrected chi connectivity index (χ3v) is 5.93. The van der Waals surface area contributed by atoms with E-state index in [2.05, 4.69) is 53.2 Å². The molecular formula is C23H39IN4O. The average Bonchev–Trinajstić information content (AvgIpc) is 3.21. The first kappa shape index (κ1) is 24.4. The van der Waals surface area contributed by atoms with Crippen LogP contribution in [0.5, 0.6) is 0 Å². The summed E-state index contributed by atoms with van der Waals surface area (Å²) in [6.45, 7) is 13.6. The molecule has 0 aliphatic carbocycles. The Morgan fingerprint density at radius 2 is 1.93 bits per heavy atom. The zero-order chi connectivity index (χ0) is 19.6. The van der Waals surface area contributed by atoms with E-state index in [1.807, 2.05) is 6.07 Å². The summed E-state index contributed by atoms with van der Waals surface area (Å²) in [5.41, 5.74) is 1.25. The third-order valence-electron chi connectivity index (χ3n) is 5.93. The van der Waals surface area contributed by atoms with Crippen molar-refractivity contribution in [2.75, 3.05) is 52.4 Å². The molecule has 1 N–H and O–H groups in total. The number of piperidine rings is 1. The molecule has 1 aromatic rings. The van der Waals surface area contributed by atoms with Gasteiger partial charge in [-0.1, -0.05) is 37.3 Å². The number of ether oxygens (including phenoxy) is 1. The molecule has 0 radical (unpaired) electrons. The molecule has 2 atom stereocenters. The van der Waals surface area contributed by atoms with E-state index in [1.54, 1.807) is 0 Å². The van der Waals surface area contributed by atoms with Gasteiger partial charge in [-0.25, -0.2) is 0 Å². The van der Waals surface area contributed by atoms with Gasteiger partial charge in [-0.05, 0) is 50.8 Å². The fraction of sp³-hybridized carbons (Fsp3) is 0.696. The Labute approximate surface area is 194 Å². The van der Waals surface area contributed by atoms with Gasteiger partial charge in [0.2, 0.25) is 0 Å². The number of halogens is 1. The molecule has 164 valence electrons. The predicted molar refractivity (Wildman–Crippen MR) is 132 cm³/mol. The summed E-state index contributed by atoms with van der Waals surface area (Å²) in [6.07, 6.45) is 3.82. The Hall–Kier alpha value is -0.860. The van der Waals surface area contributed by atoms with Gasteiger partial charge in [-0.3, -0.25) is 4.99 Å². The second-order valence-corrected chi connectivity index (χ2v) is 8.20. The minimum atomic E-state index is 0. The van der Waals surface area contributed by atoms with E-state index in [-0.39, 0.29) is 24.0 Å². The fourth-order valence-electron chi connectivity index (χ4n) is 4.31. The van der Waals surface area contributed by atoms with Crippen molar-refractivity contribution in [3.63, 3.8) is 0 Å². The van der Waals surface area contributed by atoms with Crippen LogP contribution in [0.2, 0.25) is 0 Å². The van der Waals surface area contributed by atoms with Crippen LogP contribution >= 0.6 is 24.0 Å². The zero-order valence-electron chi connectivity index (χ0n) is 18.2. The van der Waals surface area contributed by atoms with Crippen LogP contribution in [0.15, 0.2) is 35.3 Å². The molecule has 2 heterocycles. The summed E-state index contributed by atoms with van der Waals surface area (Å²) in [6, 6.07) is 10.4. The van der Waals surface area contributed by atoms with Gasteiger partial charge in [0, 0.05) is 38.6 Å². The van der Waals surface area contributed by atoms with E-state index >= 15 is 0 Å². The van der Waals surface area contributed by atoms with Gasteiger partial charge in [0.05, 0.1) is 13.2 Å². The minimum Gasteiger partial charge on any atom is -0.376 e. The number of nitrogens with one attached hydrogen (secondary N) is 1. The Bertz CT molecular complexity index is 598. The second kappa shape index (κ2) is 13.4. The van der Waals surface area contributed by atoms with E-state index in [4.69, 9.17) is 9.73 Å². The van der Waals surface area contributed by atoms with Gasteiger partial charge in [-0.15, -0.1) is 24.0 Å². The van der Waals surface area contributed by atoms with Crippen LogP contribution in [0.1, 0.15) is 38.7 Å². The van der Waals surface area contributed by atoms with E-state index < -0.39 is 0 Å². The monoisotopic (exact) mass is 514 g/mol. The molecule has 1 aromatic carbocycles.